The van der Waals surface area contributed by atoms with Gasteiger partial charge in [0.25, 0.3) is 5.91 Å². The van der Waals surface area contributed by atoms with Gasteiger partial charge >= 0.3 is 0 Å². The molecule has 0 spiro atoms. The van der Waals surface area contributed by atoms with Crippen LogP contribution >= 0.6 is 0 Å². The fourth-order valence-corrected chi connectivity index (χ4v) is 5.01. The number of hydrogen-bond donors (Lipinski definition) is 1. The number of aryl methyl sites for hydroxylation is 1. The molecule has 1 aromatic carbocycles. The first-order valence-electron chi connectivity index (χ1n) is 11.9. The number of hydrogen-bond acceptors (Lipinski definition) is 5. The Morgan fingerprint density at radius 3 is 2.56 bits per heavy atom. The molecule has 0 radical (unpaired) electrons. The summed E-state index contributed by atoms with van der Waals surface area (Å²) in [4.78, 5) is 43.2. The van der Waals surface area contributed by atoms with Gasteiger partial charge in [0.1, 0.15) is 12.0 Å². The molecule has 1 aromatic heterocycles. The molecule has 1 saturated heterocycles. The van der Waals surface area contributed by atoms with Crippen LogP contribution in [0.25, 0.3) is 0 Å². The highest BCUT2D eigenvalue weighted by atomic mass is 19.1. The van der Waals surface area contributed by atoms with Crippen LogP contribution in [0.1, 0.15) is 60.0 Å². The van der Waals surface area contributed by atoms with Crippen molar-refractivity contribution in [2.24, 2.45) is 11.8 Å². The number of benzene rings is 1. The topological polar surface area (TPSA) is 82.8 Å². The van der Waals surface area contributed by atoms with E-state index in [-0.39, 0.29) is 35.6 Å². The number of rotatable bonds is 6. The van der Waals surface area contributed by atoms with Crippen molar-refractivity contribution in [2.45, 2.75) is 52.7 Å². The van der Waals surface area contributed by atoms with E-state index in [0.29, 0.717) is 31.3 Å². The number of Topliss-reactive ketones (excluding diaryl/α,β-unsaturated/α-hetero) is 1. The predicted octanol–water partition coefficient (Wildman–Crippen LogP) is 3.29. The minimum atomic E-state index is -0.815. The molecule has 0 aliphatic carbocycles. The second-order valence-electron chi connectivity index (χ2n) is 9.99. The molecule has 3 heterocycles. The van der Waals surface area contributed by atoms with Crippen molar-refractivity contribution in [3.63, 3.8) is 0 Å². The normalized spacial score (nSPS) is 20.7. The van der Waals surface area contributed by atoms with Gasteiger partial charge in [-0.05, 0) is 42.4 Å². The maximum absolute atomic E-state index is 13.4. The van der Waals surface area contributed by atoms with Crippen molar-refractivity contribution in [3.8, 4) is 5.75 Å². The van der Waals surface area contributed by atoms with E-state index in [1.165, 1.54) is 18.3 Å². The average molecular weight is 470 g/mol. The van der Waals surface area contributed by atoms with Crippen molar-refractivity contribution in [1.82, 2.24) is 14.4 Å². The van der Waals surface area contributed by atoms with Crippen LogP contribution in [0.3, 0.4) is 0 Å². The van der Waals surface area contributed by atoms with E-state index >= 15 is 0 Å². The molecular formula is C26H32FN3O4. The largest absolute Gasteiger partial charge is 0.503 e. The molecule has 182 valence electrons. The lowest BCUT2D eigenvalue weighted by Gasteiger charge is -2.42. The number of amides is 1. The van der Waals surface area contributed by atoms with E-state index < -0.39 is 17.0 Å². The average Bonchev–Trinajstić information content (AvgIpc) is 2.93. The molecule has 2 aliphatic rings. The van der Waals surface area contributed by atoms with Gasteiger partial charge < -0.3 is 14.6 Å². The molecular weight excluding hydrogens is 437 g/mol. The summed E-state index contributed by atoms with van der Waals surface area (Å²) in [6.45, 7) is 9.07. The van der Waals surface area contributed by atoms with Gasteiger partial charge in [-0.1, -0.05) is 32.9 Å². The lowest BCUT2D eigenvalue weighted by atomic mass is 10.0. The lowest BCUT2D eigenvalue weighted by molar-refractivity contribution is 0.0170. The van der Waals surface area contributed by atoms with Crippen LogP contribution in [-0.2, 0) is 13.0 Å². The zero-order valence-corrected chi connectivity index (χ0v) is 20.0. The van der Waals surface area contributed by atoms with Gasteiger partial charge in [0, 0.05) is 32.3 Å². The third-order valence-corrected chi connectivity index (χ3v) is 6.72. The SMILES string of the molecule is CC(C)CN1C[C@H](C)CCN2C(=O)c3c(O)c(=O)c(C(=O)CCc4ccc(F)cc4)cn3CC12. The molecule has 34 heavy (non-hydrogen) atoms. The Bertz CT molecular complexity index is 1140. The smallest absolute Gasteiger partial charge is 0.275 e. The summed E-state index contributed by atoms with van der Waals surface area (Å²) in [5, 5.41) is 10.7. The molecule has 2 aliphatic heterocycles. The van der Waals surface area contributed by atoms with Crippen LogP contribution in [-0.4, -0.2) is 57.0 Å². The quantitative estimate of drug-likeness (QED) is 0.657. The lowest BCUT2D eigenvalue weighted by Crippen LogP contribution is -2.57. The Morgan fingerprint density at radius 2 is 1.88 bits per heavy atom. The number of carbonyl (C=O) groups is 2. The second kappa shape index (κ2) is 9.70. The first kappa shape index (κ1) is 24.1. The van der Waals surface area contributed by atoms with Crippen molar-refractivity contribution < 1.29 is 19.1 Å². The molecule has 2 aromatic rings. The Kier molecular flexibility index (Phi) is 6.89. The zero-order valence-electron chi connectivity index (χ0n) is 20.0. The van der Waals surface area contributed by atoms with Gasteiger partial charge in [0.2, 0.25) is 5.43 Å². The maximum Gasteiger partial charge on any atom is 0.275 e. The first-order chi connectivity index (χ1) is 16.2. The molecule has 1 N–H and O–H groups in total. The van der Waals surface area contributed by atoms with E-state index in [1.807, 2.05) is 0 Å². The van der Waals surface area contributed by atoms with E-state index in [0.717, 1.165) is 25.1 Å². The Balaban J connectivity index is 1.64. The molecule has 8 heteroatoms. The molecule has 1 fully saturated rings. The van der Waals surface area contributed by atoms with E-state index in [2.05, 4.69) is 25.7 Å². The molecule has 0 saturated carbocycles. The minimum Gasteiger partial charge on any atom is -0.503 e. The van der Waals surface area contributed by atoms with Crippen LogP contribution in [0.2, 0.25) is 0 Å². The van der Waals surface area contributed by atoms with Crippen molar-refractivity contribution in [2.75, 3.05) is 19.6 Å². The van der Waals surface area contributed by atoms with Crippen LogP contribution in [0.15, 0.2) is 35.3 Å². The summed E-state index contributed by atoms with van der Waals surface area (Å²) in [7, 11) is 0. The van der Waals surface area contributed by atoms with Crippen LogP contribution in [0.5, 0.6) is 5.75 Å². The van der Waals surface area contributed by atoms with Gasteiger partial charge in [-0.3, -0.25) is 19.3 Å². The maximum atomic E-state index is 13.4. The monoisotopic (exact) mass is 469 g/mol. The summed E-state index contributed by atoms with van der Waals surface area (Å²) < 4.78 is 14.7. The number of pyridine rings is 1. The number of nitrogens with zero attached hydrogens (tertiary/aromatic N) is 3. The number of halogens is 1. The molecule has 2 atom stereocenters. The highest BCUT2D eigenvalue weighted by molar-refractivity contribution is 6.00. The minimum absolute atomic E-state index is 0.0418. The number of aromatic hydroxyl groups is 1. The Labute approximate surface area is 198 Å². The van der Waals surface area contributed by atoms with Gasteiger partial charge in [0.15, 0.2) is 17.2 Å². The zero-order chi connectivity index (χ0) is 24.6. The second-order valence-corrected chi connectivity index (χ2v) is 9.99. The van der Waals surface area contributed by atoms with Crippen molar-refractivity contribution >= 4 is 11.7 Å². The highest BCUT2D eigenvalue weighted by Gasteiger charge is 2.40. The number of ketones is 1. The standard InChI is InChI=1S/C26H32FN3O4/c1-16(2)12-28-13-17(3)10-11-30-22(28)15-29-14-20(24(32)25(33)23(29)26(30)34)21(31)9-6-18-4-7-19(27)8-5-18/h4-5,7-8,14,16-17,22,33H,6,9-13,15H2,1-3H3/t17-,22?/m1/s1. The number of carbonyl (C=O) groups excluding carboxylic acids is 2. The van der Waals surface area contributed by atoms with Crippen LogP contribution < -0.4 is 5.43 Å². The van der Waals surface area contributed by atoms with Crippen molar-refractivity contribution in [3.05, 3.63) is 63.3 Å². The summed E-state index contributed by atoms with van der Waals surface area (Å²) in [5.41, 5.74) is -0.207. The van der Waals surface area contributed by atoms with Crippen LogP contribution in [0, 0.1) is 17.7 Å². The molecule has 1 amide bonds. The summed E-state index contributed by atoms with van der Waals surface area (Å²) in [6, 6.07) is 5.85. The molecule has 0 bridgehead atoms. The Morgan fingerprint density at radius 1 is 1.18 bits per heavy atom. The van der Waals surface area contributed by atoms with Gasteiger partial charge in [-0.15, -0.1) is 0 Å². The molecule has 4 rings (SSSR count). The summed E-state index contributed by atoms with van der Waals surface area (Å²) >= 11 is 0. The van der Waals surface area contributed by atoms with Gasteiger partial charge in [-0.25, -0.2) is 4.39 Å². The van der Waals surface area contributed by atoms with E-state index in [9.17, 15) is 23.9 Å². The van der Waals surface area contributed by atoms with Gasteiger partial charge in [-0.2, -0.15) is 0 Å². The summed E-state index contributed by atoms with van der Waals surface area (Å²) in [5.74, 6) is -0.982. The number of fused-ring (bicyclic) bond motifs is 2. The van der Waals surface area contributed by atoms with Crippen molar-refractivity contribution in [1.29, 1.82) is 0 Å². The first-order valence-corrected chi connectivity index (χ1v) is 11.9. The third-order valence-electron chi connectivity index (χ3n) is 6.72. The molecule has 1 unspecified atom stereocenters. The highest BCUT2D eigenvalue weighted by Crippen LogP contribution is 2.29. The van der Waals surface area contributed by atoms with E-state index in [1.54, 1.807) is 21.6 Å². The fourth-order valence-electron chi connectivity index (χ4n) is 5.01. The summed E-state index contributed by atoms with van der Waals surface area (Å²) in [6.07, 6.45) is 2.47. The van der Waals surface area contributed by atoms with Gasteiger partial charge in [0.05, 0.1) is 12.1 Å². The van der Waals surface area contributed by atoms with E-state index in [4.69, 9.17) is 0 Å². The third kappa shape index (κ3) is 4.78. The van der Waals surface area contributed by atoms with Crippen LogP contribution in [0.4, 0.5) is 4.39 Å². The molecule has 7 nitrogen and oxygen atoms in total. The fraction of sp³-hybridized carbons (Fsp3) is 0.500. The number of aromatic nitrogens is 1. The Hall–Kier alpha value is -3.00. The predicted molar refractivity (Wildman–Crippen MR) is 126 cm³/mol.